The first-order chi connectivity index (χ1) is 8.62. The summed E-state index contributed by atoms with van der Waals surface area (Å²) in [6, 6.07) is 0. The Balaban J connectivity index is 1.77. The molecule has 2 saturated heterocycles. The van der Waals surface area contributed by atoms with E-state index in [1.54, 1.807) is 0 Å². The molecule has 18 heavy (non-hydrogen) atoms. The zero-order valence-electron chi connectivity index (χ0n) is 11.2. The first kappa shape index (κ1) is 13.8. The molecule has 2 fully saturated rings. The quantitative estimate of drug-likeness (QED) is 0.750. The third-order valence-electron chi connectivity index (χ3n) is 4.13. The molecule has 5 nitrogen and oxygen atoms in total. The number of likely N-dealkylation sites (tertiary alicyclic amines) is 1. The Morgan fingerprint density at radius 2 is 2.17 bits per heavy atom. The molecule has 2 heterocycles. The Morgan fingerprint density at radius 1 is 1.44 bits per heavy atom. The largest absolute Gasteiger partial charge is 0.481 e. The fourth-order valence-electron chi connectivity index (χ4n) is 2.88. The van der Waals surface area contributed by atoms with Crippen molar-refractivity contribution in [1.29, 1.82) is 0 Å². The van der Waals surface area contributed by atoms with E-state index in [0.717, 1.165) is 13.1 Å². The monoisotopic (exact) mass is 256 g/mol. The fourth-order valence-corrected chi connectivity index (χ4v) is 2.88. The number of carboxylic acid groups (broad SMARTS) is 1. The van der Waals surface area contributed by atoms with Gasteiger partial charge in [0.2, 0.25) is 0 Å². The highest BCUT2D eigenvalue weighted by atomic mass is 16.5. The number of hydrogen-bond donors (Lipinski definition) is 1. The highest BCUT2D eigenvalue weighted by molar-refractivity contribution is 5.75. The summed E-state index contributed by atoms with van der Waals surface area (Å²) in [6.45, 7) is 5.91. The van der Waals surface area contributed by atoms with Crippen LogP contribution in [0.15, 0.2) is 0 Å². The zero-order chi connectivity index (χ0) is 13.0. The summed E-state index contributed by atoms with van der Waals surface area (Å²) in [5.74, 6) is -0.715. The van der Waals surface area contributed by atoms with E-state index in [1.165, 1.54) is 25.9 Å². The Morgan fingerprint density at radius 3 is 2.72 bits per heavy atom. The van der Waals surface area contributed by atoms with Gasteiger partial charge >= 0.3 is 5.97 Å². The SMILES string of the molecule is CN(CCN1CCCC1)CC1(C(=O)O)CCOC1. The lowest BCUT2D eigenvalue weighted by Gasteiger charge is -2.29. The van der Waals surface area contributed by atoms with Crippen LogP contribution in [0.1, 0.15) is 19.3 Å². The van der Waals surface area contributed by atoms with Crippen LogP contribution in [0.5, 0.6) is 0 Å². The minimum atomic E-state index is -0.715. The summed E-state index contributed by atoms with van der Waals surface area (Å²) in [4.78, 5) is 16.0. The third kappa shape index (κ3) is 3.22. The predicted molar refractivity (Wildman–Crippen MR) is 68.7 cm³/mol. The van der Waals surface area contributed by atoms with E-state index in [-0.39, 0.29) is 0 Å². The zero-order valence-corrected chi connectivity index (χ0v) is 11.2. The molecule has 2 aliphatic rings. The van der Waals surface area contributed by atoms with E-state index in [1.807, 2.05) is 7.05 Å². The molecular formula is C13H24N2O3. The fraction of sp³-hybridized carbons (Fsp3) is 0.923. The van der Waals surface area contributed by atoms with Crippen LogP contribution >= 0.6 is 0 Å². The van der Waals surface area contributed by atoms with Gasteiger partial charge in [0.1, 0.15) is 5.41 Å². The topological polar surface area (TPSA) is 53.0 Å². The molecule has 0 saturated carbocycles. The molecule has 0 bridgehead atoms. The van der Waals surface area contributed by atoms with Crippen LogP contribution in [0.3, 0.4) is 0 Å². The minimum Gasteiger partial charge on any atom is -0.481 e. The van der Waals surface area contributed by atoms with Crippen molar-refractivity contribution in [2.24, 2.45) is 5.41 Å². The molecule has 104 valence electrons. The van der Waals surface area contributed by atoms with Crippen LogP contribution in [-0.4, -0.2) is 73.9 Å². The lowest BCUT2D eigenvalue weighted by atomic mass is 9.87. The van der Waals surface area contributed by atoms with Crippen LogP contribution in [0, 0.1) is 5.41 Å². The molecule has 2 aliphatic heterocycles. The van der Waals surface area contributed by atoms with Crippen molar-refractivity contribution in [3.63, 3.8) is 0 Å². The molecule has 2 rings (SSSR count). The number of nitrogens with zero attached hydrogens (tertiary/aromatic N) is 2. The average Bonchev–Trinajstić information content (AvgIpc) is 2.97. The lowest BCUT2D eigenvalue weighted by Crippen LogP contribution is -2.44. The molecule has 0 aromatic rings. The summed E-state index contributed by atoms with van der Waals surface area (Å²) in [5, 5.41) is 9.38. The maximum absolute atomic E-state index is 11.4. The second kappa shape index (κ2) is 5.99. The Kier molecular flexibility index (Phi) is 4.59. The summed E-state index contributed by atoms with van der Waals surface area (Å²) in [5.41, 5.74) is -0.681. The van der Waals surface area contributed by atoms with Gasteiger partial charge < -0.3 is 19.6 Å². The molecule has 1 unspecified atom stereocenters. The van der Waals surface area contributed by atoms with Gasteiger partial charge in [-0.05, 0) is 39.4 Å². The van der Waals surface area contributed by atoms with Gasteiger partial charge in [0, 0.05) is 26.2 Å². The van der Waals surface area contributed by atoms with E-state index < -0.39 is 11.4 Å². The highest BCUT2D eigenvalue weighted by Gasteiger charge is 2.43. The highest BCUT2D eigenvalue weighted by Crippen LogP contribution is 2.29. The molecule has 0 aromatic heterocycles. The maximum atomic E-state index is 11.4. The van der Waals surface area contributed by atoms with Gasteiger partial charge in [-0.2, -0.15) is 0 Å². The molecule has 1 atom stereocenters. The van der Waals surface area contributed by atoms with E-state index >= 15 is 0 Å². The normalized spacial score (nSPS) is 29.2. The second-order valence-corrected chi connectivity index (χ2v) is 5.67. The van der Waals surface area contributed by atoms with Crippen LogP contribution in [0.4, 0.5) is 0 Å². The van der Waals surface area contributed by atoms with Crippen LogP contribution in [0.25, 0.3) is 0 Å². The van der Waals surface area contributed by atoms with Crippen LogP contribution < -0.4 is 0 Å². The molecule has 0 radical (unpaired) electrons. The standard InChI is InChI=1S/C13H24N2O3/c1-14(7-8-15-5-2-3-6-15)10-13(12(16)17)4-9-18-11-13/h2-11H2,1H3,(H,16,17). The molecule has 0 amide bonds. The lowest BCUT2D eigenvalue weighted by molar-refractivity contribution is -0.150. The van der Waals surface area contributed by atoms with Gasteiger partial charge in [0.15, 0.2) is 0 Å². The molecule has 0 aliphatic carbocycles. The minimum absolute atomic E-state index is 0.358. The Bertz CT molecular complexity index is 284. The van der Waals surface area contributed by atoms with Gasteiger partial charge in [-0.15, -0.1) is 0 Å². The summed E-state index contributed by atoms with van der Waals surface area (Å²) in [6.07, 6.45) is 3.24. The molecular weight excluding hydrogens is 232 g/mol. The maximum Gasteiger partial charge on any atom is 0.313 e. The van der Waals surface area contributed by atoms with Gasteiger partial charge in [0.05, 0.1) is 6.61 Å². The predicted octanol–water partition coefficient (Wildman–Crippen LogP) is 0.505. The van der Waals surface area contributed by atoms with Crippen molar-refractivity contribution in [1.82, 2.24) is 9.80 Å². The molecule has 0 aromatic carbocycles. The number of likely N-dealkylation sites (N-methyl/N-ethyl adjacent to an activating group) is 1. The Labute approximate surface area is 109 Å². The number of carbonyl (C=O) groups is 1. The van der Waals surface area contributed by atoms with E-state index in [2.05, 4.69) is 9.80 Å². The summed E-state index contributed by atoms with van der Waals surface area (Å²) in [7, 11) is 2.01. The van der Waals surface area contributed by atoms with Crippen LogP contribution in [0.2, 0.25) is 0 Å². The molecule has 1 N–H and O–H groups in total. The first-order valence-electron chi connectivity index (χ1n) is 6.84. The third-order valence-corrected chi connectivity index (χ3v) is 4.13. The molecule has 0 spiro atoms. The van der Waals surface area contributed by atoms with Crippen molar-refractivity contribution in [2.75, 3.05) is 53.0 Å². The smallest absolute Gasteiger partial charge is 0.313 e. The van der Waals surface area contributed by atoms with Gasteiger partial charge in [-0.1, -0.05) is 0 Å². The van der Waals surface area contributed by atoms with Crippen LogP contribution in [-0.2, 0) is 9.53 Å². The number of aliphatic carboxylic acids is 1. The number of ether oxygens (including phenoxy) is 1. The van der Waals surface area contributed by atoms with Gasteiger partial charge in [0.25, 0.3) is 0 Å². The second-order valence-electron chi connectivity index (χ2n) is 5.67. The summed E-state index contributed by atoms with van der Waals surface area (Å²) < 4.78 is 5.28. The number of carboxylic acids is 1. The van der Waals surface area contributed by atoms with E-state index in [9.17, 15) is 9.90 Å². The van der Waals surface area contributed by atoms with Crippen molar-refractivity contribution in [3.05, 3.63) is 0 Å². The van der Waals surface area contributed by atoms with Crippen molar-refractivity contribution >= 4 is 5.97 Å². The van der Waals surface area contributed by atoms with Crippen molar-refractivity contribution in [3.8, 4) is 0 Å². The Hall–Kier alpha value is -0.650. The first-order valence-corrected chi connectivity index (χ1v) is 6.84. The number of hydrogen-bond acceptors (Lipinski definition) is 4. The van der Waals surface area contributed by atoms with E-state index in [4.69, 9.17) is 4.74 Å². The van der Waals surface area contributed by atoms with E-state index in [0.29, 0.717) is 26.2 Å². The van der Waals surface area contributed by atoms with Crippen molar-refractivity contribution in [2.45, 2.75) is 19.3 Å². The van der Waals surface area contributed by atoms with Crippen molar-refractivity contribution < 1.29 is 14.6 Å². The summed E-state index contributed by atoms with van der Waals surface area (Å²) >= 11 is 0. The molecule has 5 heteroatoms. The van der Waals surface area contributed by atoms with Gasteiger partial charge in [-0.3, -0.25) is 4.79 Å². The average molecular weight is 256 g/mol. The van der Waals surface area contributed by atoms with Gasteiger partial charge in [-0.25, -0.2) is 0 Å². The number of rotatable bonds is 6.